The van der Waals surface area contributed by atoms with E-state index in [-0.39, 0.29) is 0 Å². The Kier molecular flexibility index (Phi) is 3.45. The van der Waals surface area contributed by atoms with Gasteiger partial charge in [0.25, 0.3) is 0 Å². The normalized spacial score (nSPS) is 13.2. The number of nitrogens with zero attached hydrogens (tertiary/aromatic N) is 2. The highest BCUT2D eigenvalue weighted by molar-refractivity contribution is 7.15. The number of aromatic nitrogens is 2. The van der Waals surface area contributed by atoms with E-state index in [2.05, 4.69) is 49.3 Å². The van der Waals surface area contributed by atoms with Crippen LogP contribution in [0.1, 0.15) is 11.3 Å². The lowest BCUT2D eigenvalue weighted by molar-refractivity contribution is 0.552. The van der Waals surface area contributed by atoms with Crippen molar-refractivity contribution in [1.29, 1.82) is 0 Å². The van der Waals surface area contributed by atoms with Gasteiger partial charge in [-0.25, -0.2) is 4.98 Å². The molecule has 0 aliphatic heterocycles. The predicted molar refractivity (Wildman–Crippen MR) is 77.6 cm³/mol. The van der Waals surface area contributed by atoms with Crippen LogP contribution in [0.4, 0.5) is 0 Å². The average Bonchev–Trinajstić information content (AvgIpc) is 3.03. The average molecular weight is 277 g/mol. The van der Waals surface area contributed by atoms with Gasteiger partial charge in [-0.15, -0.1) is 11.3 Å². The van der Waals surface area contributed by atoms with Crippen LogP contribution in [-0.2, 0) is 12.8 Å². The molecule has 0 fully saturated rings. The van der Waals surface area contributed by atoms with Gasteiger partial charge in [0.05, 0.1) is 5.69 Å². The van der Waals surface area contributed by atoms with Crippen molar-refractivity contribution in [3.05, 3.63) is 45.9 Å². The number of likely N-dealkylation sites (N-methyl/N-ethyl adjacent to an activating group) is 1. The van der Waals surface area contributed by atoms with Gasteiger partial charge in [-0.05, 0) is 35.9 Å². The number of imidazole rings is 1. The Balaban J connectivity index is 1.71. The molecule has 0 radical (unpaired) electrons. The van der Waals surface area contributed by atoms with Crippen molar-refractivity contribution < 1.29 is 0 Å². The Hall–Kier alpha value is -1.17. The first-order valence-corrected chi connectivity index (χ1v) is 7.77. The lowest BCUT2D eigenvalue weighted by Crippen LogP contribution is -2.29. The van der Waals surface area contributed by atoms with Crippen LogP contribution < -0.4 is 5.32 Å². The Labute approximate surface area is 114 Å². The molecule has 3 heterocycles. The van der Waals surface area contributed by atoms with Crippen molar-refractivity contribution in [1.82, 2.24) is 14.7 Å². The fraction of sp³-hybridized carbons (Fsp3) is 0.308. The molecule has 0 aliphatic carbocycles. The molecule has 94 valence electrons. The Morgan fingerprint density at radius 2 is 2.33 bits per heavy atom. The molecule has 3 nitrogen and oxygen atoms in total. The quantitative estimate of drug-likeness (QED) is 0.777. The summed E-state index contributed by atoms with van der Waals surface area (Å²) in [5.41, 5.74) is 2.57. The third-order valence-corrected chi connectivity index (χ3v) is 4.57. The zero-order chi connectivity index (χ0) is 12.4. The van der Waals surface area contributed by atoms with Crippen LogP contribution in [0, 0.1) is 0 Å². The summed E-state index contributed by atoms with van der Waals surface area (Å²) in [6.07, 6.45) is 6.22. The van der Waals surface area contributed by atoms with E-state index in [1.807, 2.05) is 7.05 Å². The highest BCUT2D eigenvalue weighted by Gasteiger charge is 2.11. The van der Waals surface area contributed by atoms with Crippen molar-refractivity contribution in [2.24, 2.45) is 0 Å². The number of fused-ring (bicyclic) bond motifs is 1. The first-order valence-electron chi connectivity index (χ1n) is 5.94. The van der Waals surface area contributed by atoms with Gasteiger partial charge in [0.1, 0.15) is 0 Å². The van der Waals surface area contributed by atoms with Gasteiger partial charge >= 0.3 is 0 Å². The number of thiophene rings is 1. The van der Waals surface area contributed by atoms with Gasteiger partial charge < -0.3 is 5.32 Å². The third-order valence-electron chi connectivity index (χ3n) is 3.07. The van der Waals surface area contributed by atoms with Crippen LogP contribution >= 0.6 is 22.7 Å². The van der Waals surface area contributed by atoms with Crippen LogP contribution in [0.5, 0.6) is 0 Å². The molecular formula is C13H15N3S2. The van der Waals surface area contributed by atoms with Gasteiger partial charge in [0.2, 0.25) is 0 Å². The van der Waals surface area contributed by atoms with Gasteiger partial charge in [0.15, 0.2) is 4.96 Å². The number of rotatable bonds is 5. The molecule has 0 aliphatic rings. The van der Waals surface area contributed by atoms with E-state index in [9.17, 15) is 0 Å². The molecule has 0 spiro atoms. The molecule has 3 aromatic rings. The summed E-state index contributed by atoms with van der Waals surface area (Å²) in [4.78, 5) is 5.71. The fourth-order valence-corrected chi connectivity index (χ4v) is 3.50. The van der Waals surface area contributed by atoms with Crippen LogP contribution in [0.25, 0.3) is 4.96 Å². The molecule has 0 saturated heterocycles. The summed E-state index contributed by atoms with van der Waals surface area (Å²) in [7, 11) is 2.02. The van der Waals surface area contributed by atoms with E-state index < -0.39 is 0 Å². The zero-order valence-corrected chi connectivity index (χ0v) is 11.8. The number of hydrogen-bond donors (Lipinski definition) is 1. The summed E-state index contributed by atoms with van der Waals surface area (Å²) >= 11 is 3.44. The largest absolute Gasteiger partial charge is 0.316 e. The smallest absolute Gasteiger partial charge is 0.193 e. The number of hydrogen-bond acceptors (Lipinski definition) is 4. The molecule has 0 bridgehead atoms. The van der Waals surface area contributed by atoms with Gasteiger partial charge in [-0.2, -0.15) is 11.3 Å². The molecule has 3 aromatic heterocycles. The Morgan fingerprint density at radius 3 is 3.06 bits per heavy atom. The van der Waals surface area contributed by atoms with Crippen LogP contribution in [0.15, 0.2) is 34.6 Å². The summed E-state index contributed by atoms with van der Waals surface area (Å²) in [6.45, 7) is 0. The maximum atomic E-state index is 4.63. The molecule has 0 aromatic carbocycles. The van der Waals surface area contributed by atoms with E-state index in [4.69, 9.17) is 0 Å². The van der Waals surface area contributed by atoms with Crippen molar-refractivity contribution in [2.75, 3.05) is 7.05 Å². The standard InChI is InChI=1S/C13H15N3S2/c1-14-11(6-10-2-4-17-9-10)7-12-8-16-3-5-18-13(16)15-12/h2-5,8-9,11,14H,6-7H2,1H3. The maximum Gasteiger partial charge on any atom is 0.193 e. The monoisotopic (exact) mass is 277 g/mol. The molecule has 1 N–H and O–H groups in total. The minimum atomic E-state index is 0.448. The van der Waals surface area contributed by atoms with Crippen LogP contribution in [0.2, 0.25) is 0 Å². The molecule has 18 heavy (non-hydrogen) atoms. The molecule has 1 atom stereocenters. The lowest BCUT2D eigenvalue weighted by atomic mass is 10.0. The number of nitrogens with one attached hydrogen (secondary N) is 1. The maximum absolute atomic E-state index is 4.63. The topological polar surface area (TPSA) is 29.3 Å². The van der Waals surface area contributed by atoms with Crippen LogP contribution in [0.3, 0.4) is 0 Å². The van der Waals surface area contributed by atoms with Gasteiger partial charge in [-0.3, -0.25) is 4.40 Å². The molecule has 0 amide bonds. The van der Waals surface area contributed by atoms with Gasteiger partial charge in [-0.1, -0.05) is 0 Å². The SMILES string of the molecule is CNC(Cc1ccsc1)Cc1cn2ccsc2n1. The van der Waals surface area contributed by atoms with Crippen molar-refractivity contribution >= 4 is 27.6 Å². The van der Waals surface area contributed by atoms with Gasteiger partial charge in [0, 0.05) is 30.2 Å². The molecular weight excluding hydrogens is 262 g/mol. The third kappa shape index (κ3) is 2.48. The first-order chi connectivity index (χ1) is 8.85. The minimum absolute atomic E-state index is 0.448. The summed E-state index contributed by atoms with van der Waals surface area (Å²) in [5.74, 6) is 0. The van der Waals surface area contributed by atoms with E-state index in [0.717, 1.165) is 23.5 Å². The second kappa shape index (κ2) is 5.22. The Bertz CT molecular complexity index is 581. The van der Waals surface area contributed by atoms with Crippen LogP contribution in [-0.4, -0.2) is 22.5 Å². The molecule has 5 heteroatoms. The first kappa shape index (κ1) is 11.9. The lowest BCUT2D eigenvalue weighted by Gasteiger charge is -2.13. The fourth-order valence-electron chi connectivity index (χ4n) is 2.10. The second-order valence-corrected chi connectivity index (χ2v) is 6.00. The zero-order valence-electron chi connectivity index (χ0n) is 10.2. The predicted octanol–water partition coefficient (Wildman–Crippen LogP) is 2.83. The summed E-state index contributed by atoms with van der Waals surface area (Å²) in [5, 5.41) is 9.80. The summed E-state index contributed by atoms with van der Waals surface area (Å²) < 4.78 is 2.09. The van der Waals surface area contributed by atoms with Crippen molar-refractivity contribution in [2.45, 2.75) is 18.9 Å². The van der Waals surface area contributed by atoms with E-state index in [1.54, 1.807) is 22.7 Å². The van der Waals surface area contributed by atoms with Crippen molar-refractivity contribution in [3.8, 4) is 0 Å². The highest BCUT2D eigenvalue weighted by atomic mass is 32.1. The second-order valence-electron chi connectivity index (χ2n) is 4.35. The molecule has 3 rings (SSSR count). The Morgan fingerprint density at radius 1 is 1.39 bits per heavy atom. The molecule has 0 saturated carbocycles. The number of thiazole rings is 1. The highest BCUT2D eigenvalue weighted by Crippen LogP contribution is 2.15. The summed E-state index contributed by atoms with van der Waals surface area (Å²) in [6, 6.07) is 2.64. The van der Waals surface area contributed by atoms with E-state index in [0.29, 0.717) is 6.04 Å². The minimum Gasteiger partial charge on any atom is -0.316 e. The molecule has 1 unspecified atom stereocenters. The van der Waals surface area contributed by atoms with Crippen molar-refractivity contribution in [3.63, 3.8) is 0 Å². The van der Waals surface area contributed by atoms with E-state index >= 15 is 0 Å². The van der Waals surface area contributed by atoms with E-state index in [1.165, 1.54) is 5.56 Å².